The lowest BCUT2D eigenvalue weighted by molar-refractivity contribution is 0.346. The van der Waals surface area contributed by atoms with Crippen LogP contribution in [0.15, 0.2) is 28.7 Å². The summed E-state index contributed by atoms with van der Waals surface area (Å²) in [5, 5.41) is 3.34. The summed E-state index contributed by atoms with van der Waals surface area (Å²) in [6, 6.07) is 9.05. The first kappa shape index (κ1) is 12.7. The molecule has 15 heavy (non-hydrogen) atoms. The third-order valence-corrected chi connectivity index (χ3v) is 2.92. The maximum Gasteiger partial charge on any atom is 0.0232 e. The largest absolute Gasteiger partial charge is 0.315 e. The first-order valence-corrected chi connectivity index (χ1v) is 5.97. The van der Waals surface area contributed by atoms with E-state index in [9.17, 15) is 0 Å². The number of likely N-dealkylation sites (N-methyl/N-ethyl adjacent to an activating group) is 2. The first-order valence-electron chi connectivity index (χ1n) is 5.18. The monoisotopic (exact) mass is 270 g/mol. The van der Waals surface area contributed by atoms with Crippen LogP contribution in [0.25, 0.3) is 0 Å². The molecule has 1 atom stereocenters. The van der Waals surface area contributed by atoms with Gasteiger partial charge in [-0.1, -0.05) is 28.1 Å². The van der Waals surface area contributed by atoms with Gasteiger partial charge in [0, 0.05) is 17.1 Å². The average Bonchev–Trinajstić information content (AvgIpc) is 2.19. The van der Waals surface area contributed by atoms with E-state index in [-0.39, 0.29) is 0 Å². The molecule has 84 valence electrons. The van der Waals surface area contributed by atoms with Gasteiger partial charge in [-0.3, -0.25) is 0 Å². The van der Waals surface area contributed by atoms with Gasteiger partial charge in [0.05, 0.1) is 0 Å². The lowest BCUT2D eigenvalue weighted by Crippen LogP contribution is -2.37. The number of halogens is 1. The van der Waals surface area contributed by atoms with Crippen LogP contribution in [-0.2, 0) is 6.42 Å². The third-order valence-electron chi connectivity index (χ3n) is 2.39. The SMILES string of the molecule is CNC(Cc1ccc(Br)cc1)CN(C)C. The van der Waals surface area contributed by atoms with E-state index in [0.717, 1.165) is 17.4 Å². The number of benzene rings is 1. The molecule has 0 aliphatic heterocycles. The summed E-state index contributed by atoms with van der Waals surface area (Å²) in [4.78, 5) is 2.21. The van der Waals surface area contributed by atoms with Gasteiger partial charge < -0.3 is 10.2 Å². The summed E-state index contributed by atoms with van der Waals surface area (Å²) in [6.07, 6.45) is 1.07. The Morgan fingerprint density at radius 1 is 1.27 bits per heavy atom. The van der Waals surface area contributed by atoms with Gasteiger partial charge in [-0.05, 0) is 45.3 Å². The third kappa shape index (κ3) is 4.78. The van der Waals surface area contributed by atoms with Crippen LogP contribution in [0.1, 0.15) is 5.56 Å². The summed E-state index contributed by atoms with van der Waals surface area (Å²) >= 11 is 3.45. The van der Waals surface area contributed by atoms with Crippen molar-refractivity contribution in [3.05, 3.63) is 34.3 Å². The van der Waals surface area contributed by atoms with Crippen LogP contribution < -0.4 is 5.32 Å². The van der Waals surface area contributed by atoms with E-state index in [4.69, 9.17) is 0 Å². The Hall–Kier alpha value is -0.380. The van der Waals surface area contributed by atoms with Crippen molar-refractivity contribution in [1.82, 2.24) is 10.2 Å². The van der Waals surface area contributed by atoms with Gasteiger partial charge in [0.15, 0.2) is 0 Å². The smallest absolute Gasteiger partial charge is 0.0232 e. The maximum absolute atomic E-state index is 3.45. The lowest BCUT2D eigenvalue weighted by Gasteiger charge is -2.20. The van der Waals surface area contributed by atoms with Crippen LogP contribution in [0, 0.1) is 0 Å². The fraction of sp³-hybridized carbons (Fsp3) is 0.500. The van der Waals surface area contributed by atoms with Gasteiger partial charge in [-0.2, -0.15) is 0 Å². The van der Waals surface area contributed by atoms with Crippen LogP contribution >= 0.6 is 15.9 Å². The zero-order valence-corrected chi connectivity index (χ0v) is 11.2. The molecule has 0 aliphatic carbocycles. The van der Waals surface area contributed by atoms with E-state index in [0.29, 0.717) is 6.04 Å². The average molecular weight is 271 g/mol. The van der Waals surface area contributed by atoms with E-state index in [2.05, 4.69) is 64.5 Å². The minimum absolute atomic E-state index is 0.515. The second-order valence-corrected chi connectivity index (χ2v) is 4.99. The fourth-order valence-electron chi connectivity index (χ4n) is 1.60. The number of rotatable bonds is 5. The normalized spacial score (nSPS) is 13.1. The van der Waals surface area contributed by atoms with E-state index in [1.165, 1.54) is 5.56 Å². The quantitative estimate of drug-likeness (QED) is 0.882. The topological polar surface area (TPSA) is 15.3 Å². The minimum atomic E-state index is 0.515. The predicted octanol–water partition coefficient (Wildman–Crippen LogP) is 2.14. The molecule has 0 aromatic heterocycles. The van der Waals surface area contributed by atoms with Crippen molar-refractivity contribution in [2.45, 2.75) is 12.5 Å². The summed E-state index contributed by atoms with van der Waals surface area (Å²) < 4.78 is 1.14. The van der Waals surface area contributed by atoms with Crippen LogP contribution in [0.3, 0.4) is 0 Å². The van der Waals surface area contributed by atoms with Gasteiger partial charge in [-0.25, -0.2) is 0 Å². The maximum atomic E-state index is 3.45. The highest BCUT2D eigenvalue weighted by atomic mass is 79.9. The van der Waals surface area contributed by atoms with Gasteiger partial charge in [-0.15, -0.1) is 0 Å². The molecule has 2 nitrogen and oxygen atoms in total. The molecule has 0 saturated heterocycles. The number of nitrogens with zero attached hydrogens (tertiary/aromatic N) is 1. The number of nitrogens with one attached hydrogen (secondary N) is 1. The Morgan fingerprint density at radius 2 is 1.87 bits per heavy atom. The molecule has 1 N–H and O–H groups in total. The Bertz CT molecular complexity index is 282. The highest BCUT2D eigenvalue weighted by molar-refractivity contribution is 9.10. The molecular weight excluding hydrogens is 252 g/mol. The van der Waals surface area contributed by atoms with Gasteiger partial charge in [0.2, 0.25) is 0 Å². The lowest BCUT2D eigenvalue weighted by atomic mass is 10.1. The summed E-state index contributed by atoms with van der Waals surface area (Å²) in [7, 11) is 6.23. The first-order chi connectivity index (χ1) is 7.11. The molecule has 0 bridgehead atoms. The van der Waals surface area contributed by atoms with E-state index >= 15 is 0 Å². The molecule has 0 fully saturated rings. The fourth-order valence-corrected chi connectivity index (χ4v) is 1.87. The summed E-state index contributed by atoms with van der Waals surface area (Å²) in [6.45, 7) is 1.06. The predicted molar refractivity (Wildman–Crippen MR) is 69.2 cm³/mol. The van der Waals surface area contributed by atoms with E-state index < -0.39 is 0 Å². The minimum Gasteiger partial charge on any atom is -0.315 e. The van der Waals surface area contributed by atoms with Crippen molar-refractivity contribution >= 4 is 15.9 Å². The standard InChI is InChI=1S/C12H19BrN2/c1-14-12(9-15(2)3)8-10-4-6-11(13)7-5-10/h4-7,12,14H,8-9H2,1-3H3. The van der Waals surface area contributed by atoms with Crippen molar-refractivity contribution < 1.29 is 0 Å². The van der Waals surface area contributed by atoms with Crippen LogP contribution in [0.2, 0.25) is 0 Å². The zero-order chi connectivity index (χ0) is 11.3. The number of hydrogen-bond donors (Lipinski definition) is 1. The highest BCUT2D eigenvalue weighted by Crippen LogP contribution is 2.12. The van der Waals surface area contributed by atoms with Crippen molar-refractivity contribution in [1.29, 1.82) is 0 Å². The molecule has 0 amide bonds. The van der Waals surface area contributed by atoms with Crippen molar-refractivity contribution in [3.63, 3.8) is 0 Å². The molecule has 3 heteroatoms. The van der Waals surface area contributed by atoms with Crippen molar-refractivity contribution in [2.75, 3.05) is 27.7 Å². The van der Waals surface area contributed by atoms with Crippen LogP contribution in [0.4, 0.5) is 0 Å². The van der Waals surface area contributed by atoms with Crippen LogP contribution in [0.5, 0.6) is 0 Å². The van der Waals surface area contributed by atoms with E-state index in [1.54, 1.807) is 0 Å². The van der Waals surface area contributed by atoms with E-state index in [1.807, 2.05) is 7.05 Å². The van der Waals surface area contributed by atoms with Gasteiger partial charge in [0.1, 0.15) is 0 Å². The Kier molecular flexibility index (Phi) is 5.29. The Balaban J connectivity index is 2.54. The molecule has 0 saturated carbocycles. The van der Waals surface area contributed by atoms with Gasteiger partial charge in [0.25, 0.3) is 0 Å². The van der Waals surface area contributed by atoms with Crippen LogP contribution in [-0.4, -0.2) is 38.6 Å². The highest BCUT2D eigenvalue weighted by Gasteiger charge is 2.07. The number of hydrogen-bond acceptors (Lipinski definition) is 2. The van der Waals surface area contributed by atoms with Gasteiger partial charge >= 0.3 is 0 Å². The Labute approximate surface area is 101 Å². The van der Waals surface area contributed by atoms with Crippen molar-refractivity contribution in [3.8, 4) is 0 Å². The summed E-state index contributed by atoms with van der Waals surface area (Å²) in [5.74, 6) is 0. The second kappa shape index (κ2) is 6.26. The molecule has 1 rings (SSSR count). The molecule has 1 unspecified atom stereocenters. The second-order valence-electron chi connectivity index (χ2n) is 4.08. The molecule has 0 radical (unpaired) electrons. The summed E-state index contributed by atoms with van der Waals surface area (Å²) in [5.41, 5.74) is 1.37. The zero-order valence-electron chi connectivity index (χ0n) is 9.63. The molecule has 0 heterocycles. The Morgan fingerprint density at radius 3 is 2.33 bits per heavy atom. The molecular formula is C12H19BrN2. The molecule has 0 spiro atoms. The van der Waals surface area contributed by atoms with Crippen molar-refractivity contribution in [2.24, 2.45) is 0 Å². The molecule has 0 aliphatic rings. The molecule has 1 aromatic rings. The molecule has 1 aromatic carbocycles.